The number of halogens is 2. The standard InChI is InChI=1S/C11H9Cl2N5O2/c12-6-2-1-3-7(10(6)13)15-11-8(18(19)20)4-5-9(16-11)17-14/h1-5H,14H2,(H2,15,16,17). The lowest BCUT2D eigenvalue weighted by atomic mass is 10.3. The number of rotatable bonds is 4. The van der Waals surface area contributed by atoms with E-state index < -0.39 is 4.92 Å². The molecule has 0 spiro atoms. The van der Waals surface area contributed by atoms with Crippen LogP contribution in [0.5, 0.6) is 0 Å². The van der Waals surface area contributed by atoms with Crippen molar-refractivity contribution in [3.05, 3.63) is 50.5 Å². The van der Waals surface area contributed by atoms with Crippen LogP contribution in [-0.4, -0.2) is 9.91 Å². The van der Waals surface area contributed by atoms with Gasteiger partial charge in [-0.1, -0.05) is 29.3 Å². The average Bonchev–Trinajstić information content (AvgIpc) is 2.43. The summed E-state index contributed by atoms with van der Waals surface area (Å²) in [6.45, 7) is 0. The lowest BCUT2D eigenvalue weighted by molar-refractivity contribution is -0.384. The number of hydrogen-bond acceptors (Lipinski definition) is 6. The molecule has 0 saturated carbocycles. The van der Waals surface area contributed by atoms with E-state index in [4.69, 9.17) is 29.0 Å². The van der Waals surface area contributed by atoms with Gasteiger partial charge in [0.25, 0.3) is 0 Å². The molecule has 20 heavy (non-hydrogen) atoms. The summed E-state index contributed by atoms with van der Waals surface area (Å²) in [7, 11) is 0. The van der Waals surface area contributed by atoms with Crippen molar-refractivity contribution < 1.29 is 4.92 Å². The van der Waals surface area contributed by atoms with Gasteiger partial charge in [-0.05, 0) is 18.2 Å². The van der Waals surface area contributed by atoms with Crippen LogP contribution in [0.3, 0.4) is 0 Å². The second-order valence-corrected chi connectivity index (χ2v) is 4.48. The molecule has 0 atom stereocenters. The van der Waals surface area contributed by atoms with Crippen molar-refractivity contribution in [1.82, 2.24) is 4.98 Å². The molecule has 1 heterocycles. The highest BCUT2D eigenvalue weighted by molar-refractivity contribution is 6.43. The maximum absolute atomic E-state index is 11.0. The van der Waals surface area contributed by atoms with E-state index in [-0.39, 0.29) is 22.3 Å². The predicted molar refractivity (Wildman–Crippen MR) is 78.4 cm³/mol. The van der Waals surface area contributed by atoms with E-state index in [1.807, 2.05) is 0 Å². The lowest BCUT2D eigenvalue weighted by Crippen LogP contribution is -2.10. The number of nitrogens with zero attached hydrogens (tertiary/aromatic N) is 2. The Labute approximate surface area is 123 Å². The molecule has 1 aromatic heterocycles. The molecule has 0 amide bonds. The number of hydrogen-bond donors (Lipinski definition) is 3. The fourth-order valence-corrected chi connectivity index (χ4v) is 1.85. The van der Waals surface area contributed by atoms with Crippen LogP contribution in [0.2, 0.25) is 10.0 Å². The fraction of sp³-hybridized carbons (Fsp3) is 0. The molecule has 0 bridgehead atoms. The van der Waals surface area contributed by atoms with Gasteiger partial charge in [-0.15, -0.1) is 0 Å². The lowest BCUT2D eigenvalue weighted by Gasteiger charge is -2.10. The Balaban J connectivity index is 2.46. The summed E-state index contributed by atoms with van der Waals surface area (Å²) in [5.74, 6) is 5.52. The highest BCUT2D eigenvalue weighted by Crippen LogP contribution is 2.34. The van der Waals surface area contributed by atoms with Gasteiger partial charge in [-0.3, -0.25) is 10.1 Å². The minimum atomic E-state index is -0.561. The molecule has 104 valence electrons. The van der Waals surface area contributed by atoms with Crippen LogP contribution in [0.1, 0.15) is 0 Å². The zero-order valence-electron chi connectivity index (χ0n) is 9.93. The molecule has 2 rings (SSSR count). The number of aromatic nitrogens is 1. The molecule has 0 radical (unpaired) electrons. The molecule has 0 fully saturated rings. The van der Waals surface area contributed by atoms with Gasteiger partial charge in [-0.2, -0.15) is 0 Å². The monoisotopic (exact) mass is 313 g/mol. The molecule has 0 saturated heterocycles. The number of anilines is 3. The van der Waals surface area contributed by atoms with E-state index >= 15 is 0 Å². The van der Waals surface area contributed by atoms with Crippen LogP contribution in [0.4, 0.5) is 23.0 Å². The number of nitrogens with one attached hydrogen (secondary N) is 2. The Hall–Kier alpha value is -2.09. The second-order valence-electron chi connectivity index (χ2n) is 3.69. The van der Waals surface area contributed by atoms with Crippen LogP contribution in [-0.2, 0) is 0 Å². The third-order valence-electron chi connectivity index (χ3n) is 2.42. The molecule has 0 aliphatic rings. The number of pyridine rings is 1. The first-order valence-electron chi connectivity index (χ1n) is 5.36. The summed E-state index contributed by atoms with van der Waals surface area (Å²) >= 11 is 11.9. The largest absolute Gasteiger partial charge is 0.333 e. The van der Waals surface area contributed by atoms with Gasteiger partial charge in [0.05, 0.1) is 20.7 Å². The Morgan fingerprint density at radius 2 is 2.00 bits per heavy atom. The smallest absolute Gasteiger partial charge is 0.311 e. The summed E-state index contributed by atoms with van der Waals surface area (Å²) in [5, 5.41) is 14.3. The highest BCUT2D eigenvalue weighted by atomic mass is 35.5. The molecule has 9 heteroatoms. The molecule has 0 aliphatic heterocycles. The molecular formula is C11H9Cl2N5O2. The van der Waals surface area contributed by atoms with Crippen LogP contribution in [0.15, 0.2) is 30.3 Å². The molecule has 0 aliphatic carbocycles. The van der Waals surface area contributed by atoms with Crippen molar-refractivity contribution in [3.63, 3.8) is 0 Å². The SMILES string of the molecule is NNc1ccc([N+](=O)[O-])c(Nc2cccc(Cl)c2Cl)n1. The Morgan fingerprint density at radius 1 is 1.25 bits per heavy atom. The van der Waals surface area contributed by atoms with E-state index in [1.165, 1.54) is 12.1 Å². The topological polar surface area (TPSA) is 106 Å². The first-order chi connectivity index (χ1) is 9.52. The average molecular weight is 314 g/mol. The quantitative estimate of drug-likeness (QED) is 0.454. The summed E-state index contributed by atoms with van der Waals surface area (Å²) in [6.07, 6.45) is 0. The third-order valence-corrected chi connectivity index (χ3v) is 3.24. The molecule has 2 aromatic rings. The van der Waals surface area contributed by atoms with E-state index in [0.29, 0.717) is 10.7 Å². The predicted octanol–water partition coefficient (Wildman–Crippen LogP) is 3.33. The van der Waals surface area contributed by atoms with Gasteiger partial charge in [0, 0.05) is 6.07 Å². The van der Waals surface area contributed by atoms with Gasteiger partial charge in [-0.25, -0.2) is 10.8 Å². The summed E-state index contributed by atoms with van der Waals surface area (Å²) in [5.41, 5.74) is 2.51. The normalized spacial score (nSPS) is 10.2. The van der Waals surface area contributed by atoms with Crippen molar-refractivity contribution in [3.8, 4) is 0 Å². The van der Waals surface area contributed by atoms with Crippen molar-refractivity contribution in [1.29, 1.82) is 0 Å². The number of nitrogen functional groups attached to an aromatic ring is 1. The van der Waals surface area contributed by atoms with Gasteiger partial charge in [0.1, 0.15) is 5.82 Å². The van der Waals surface area contributed by atoms with E-state index in [9.17, 15) is 10.1 Å². The zero-order chi connectivity index (χ0) is 14.7. The van der Waals surface area contributed by atoms with E-state index in [2.05, 4.69) is 15.7 Å². The van der Waals surface area contributed by atoms with Crippen LogP contribution in [0, 0.1) is 10.1 Å². The fourth-order valence-electron chi connectivity index (χ4n) is 1.50. The maximum atomic E-state index is 11.0. The highest BCUT2D eigenvalue weighted by Gasteiger charge is 2.17. The van der Waals surface area contributed by atoms with Gasteiger partial charge in [0.2, 0.25) is 5.82 Å². The minimum absolute atomic E-state index is 0.00890. The molecular weight excluding hydrogens is 305 g/mol. The first-order valence-corrected chi connectivity index (χ1v) is 6.11. The second kappa shape index (κ2) is 5.91. The van der Waals surface area contributed by atoms with Crippen molar-refractivity contribution in [2.24, 2.45) is 5.84 Å². The van der Waals surface area contributed by atoms with Gasteiger partial charge in [0.15, 0.2) is 0 Å². The molecule has 4 N–H and O–H groups in total. The van der Waals surface area contributed by atoms with E-state index in [0.717, 1.165) is 0 Å². The van der Waals surface area contributed by atoms with E-state index in [1.54, 1.807) is 18.2 Å². The molecule has 1 aromatic carbocycles. The number of nitro groups is 1. The van der Waals surface area contributed by atoms with Crippen LogP contribution >= 0.6 is 23.2 Å². The summed E-state index contributed by atoms with van der Waals surface area (Å²) in [4.78, 5) is 14.4. The zero-order valence-corrected chi connectivity index (χ0v) is 11.4. The van der Waals surface area contributed by atoms with Gasteiger partial charge >= 0.3 is 5.69 Å². The van der Waals surface area contributed by atoms with Crippen molar-refractivity contribution in [2.45, 2.75) is 0 Å². The summed E-state index contributed by atoms with van der Waals surface area (Å²) in [6, 6.07) is 7.57. The number of hydrazine groups is 1. The maximum Gasteiger partial charge on any atom is 0.311 e. The van der Waals surface area contributed by atoms with Crippen LogP contribution < -0.4 is 16.6 Å². The summed E-state index contributed by atoms with van der Waals surface area (Å²) < 4.78 is 0. The minimum Gasteiger partial charge on any atom is -0.333 e. The Bertz CT molecular complexity index is 665. The third kappa shape index (κ3) is 2.90. The Morgan fingerprint density at radius 3 is 2.65 bits per heavy atom. The first kappa shape index (κ1) is 14.3. The molecule has 7 nitrogen and oxygen atoms in total. The number of benzene rings is 1. The number of nitrogens with two attached hydrogens (primary N) is 1. The van der Waals surface area contributed by atoms with Crippen molar-refractivity contribution in [2.75, 3.05) is 10.7 Å². The van der Waals surface area contributed by atoms with Gasteiger partial charge < -0.3 is 10.7 Å². The van der Waals surface area contributed by atoms with Crippen LogP contribution in [0.25, 0.3) is 0 Å². The Kier molecular flexibility index (Phi) is 4.23. The van der Waals surface area contributed by atoms with Crippen molar-refractivity contribution >= 4 is 46.2 Å². The molecule has 0 unspecified atom stereocenters.